The summed E-state index contributed by atoms with van der Waals surface area (Å²) in [6.45, 7) is 6.00. The fourth-order valence-electron chi connectivity index (χ4n) is 2.47. The van der Waals surface area contributed by atoms with Crippen molar-refractivity contribution in [3.05, 3.63) is 34.6 Å². The molecule has 1 nitrogen and oxygen atoms in total. The minimum atomic E-state index is 0.00516. The Balaban J connectivity index is 2.16. The predicted octanol–water partition coefficient (Wildman–Crippen LogP) is 2.98. The SMILES string of the molecule is Cc1ccc(C)c(CC2CCCNC2)c1F. The second kappa shape index (κ2) is 4.96. The Bertz CT molecular complexity index is 367. The summed E-state index contributed by atoms with van der Waals surface area (Å²) in [7, 11) is 0. The first-order valence-corrected chi connectivity index (χ1v) is 6.14. The Hall–Kier alpha value is -0.890. The molecule has 0 amide bonds. The molecule has 2 heteroatoms. The first-order valence-electron chi connectivity index (χ1n) is 6.14. The zero-order valence-corrected chi connectivity index (χ0v) is 10.1. The van der Waals surface area contributed by atoms with Crippen molar-refractivity contribution in [2.75, 3.05) is 13.1 Å². The lowest BCUT2D eigenvalue weighted by atomic mass is 9.89. The molecule has 1 aliphatic rings. The third-order valence-corrected chi connectivity index (χ3v) is 3.56. The zero-order valence-electron chi connectivity index (χ0n) is 10.1. The molecule has 0 bridgehead atoms. The number of benzene rings is 1. The van der Waals surface area contributed by atoms with Gasteiger partial charge in [-0.05, 0) is 68.8 Å². The minimum absolute atomic E-state index is 0.00516. The van der Waals surface area contributed by atoms with E-state index in [2.05, 4.69) is 5.32 Å². The maximum Gasteiger partial charge on any atom is 0.129 e. The first kappa shape index (κ1) is 11.6. The molecule has 1 aromatic rings. The molecule has 1 fully saturated rings. The van der Waals surface area contributed by atoms with Gasteiger partial charge in [0.05, 0.1) is 0 Å². The summed E-state index contributed by atoms with van der Waals surface area (Å²) in [5, 5.41) is 3.39. The van der Waals surface area contributed by atoms with Crippen LogP contribution in [0, 0.1) is 25.6 Å². The van der Waals surface area contributed by atoms with Gasteiger partial charge in [-0.15, -0.1) is 0 Å². The van der Waals surface area contributed by atoms with Crippen molar-refractivity contribution in [1.29, 1.82) is 0 Å². The van der Waals surface area contributed by atoms with Gasteiger partial charge in [0.1, 0.15) is 5.82 Å². The Morgan fingerprint density at radius 2 is 2.06 bits per heavy atom. The van der Waals surface area contributed by atoms with E-state index in [1.807, 2.05) is 26.0 Å². The average molecular weight is 221 g/mol. The van der Waals surface area contributed by atoms with E-state index in [4.69, 9.17) is 0 Å². The molecule has 1 heterocycles. The summed E-state index contributed by atoms with van der Waals surface area (Å²) < 4.78 is 14.0. The van der Waals surface area contributed by atoms with E-state index in [1.165, 1.54) is 12.8 Å². The molecular weight excluding hydrogens is 201 g/mol. The highest BCUT2D eigenvalue weighted by Gasteiger charge is 2.17. The van der Waals surface area contributed by atoms with Crippen molar-refractivity contribution in [3.63, 3.8) is 0 Å². The molecule has 16 heavy (non-hydrogen) atoms. The van der Waals surface area contributed by atoms with Crippen LogP contribution < -0.4 is 5.32 Å². The summed E-state index contributed by atoms with van der Waals surface area (Å²) in [4.78, 5) is 0. The third kappa shape index (κ3) is 2.43. The molecule has 1 aliphatic heterocycles. The number of halogens is 1. The molecule has 0 spiro atoms. The highest BCUT2D eigenvalue weighted by atomic mass is 19.1. The summed E-state index contributed by atoms with van der Waals surface area (Å²) in [6, 6.07) is 3.90. The van der Waals surface area contributed by atoms with Crippen LogP contribution in [0.4, 0.5) is 4.39 Å². The molecule has 1 N–H and O–H groups in total. The number of hydrogen-bond acceptors (Lipinski definition) is 1. The van der Waals surface area contributed by atoms with Crippen LogP contribution in [0.5, 0.6) is 0 Å². The number of aryl methyl sites for hydroxylation is 2. The second-order valence-electron chi connectivity index (χ2n) is 4.91. The minimum Gasteiger partial charge on any atom is -0.316 e. The van der Waals surface area contributed by atoms with Crippen molar-refractivity contribution in [2.45, 2.75) is 33.1 Å². The van der Waals surface area contributed by atoms with Crippen molar-refractivity contribution in [1.82, 2.24) is 5.32 Å². The van der Waals surface area contributed by atoms with Gasteiger partial charge in [0.2, 0.25) is 0 Å². The van der Waals surface area contributed by atoms with E-state index in [9.17, 15) is 4.39 Å². The largest absolute Gasteiger partial charge is 0.316 e. The average Bonchev–Trinajstić information content (AvgIpc) is 2.31. The lowest BCUT2D eigenvalue weighted by molar-refractivity contribution is 0.371. The quantitative estimate of drug-likeness (QED) is 0.809. The standard InChI is InChI=1S/C14H20FN/c1-10-5-6-11(2)14(15)13(10)8-12-4-3-7-16-9-12/h5-6,12,16H,3-4,7-9H2,1-2H3. The normalized spacial score (nSPS) is 21.1. The van der Waals surface area contributed by atoms with E-state index in [0.717, 1.165) is 36.2 Å². The van der Waals surface area contributed by atoms with Gasteiger partial charge < -0.3 is 5.32 Å². The van der Waals surface area contributed by atoms with Crippen LogP contribution in [0.2, 0.25) is 0 Å². The van der Waals surface area contributed by atoms with E-state index < -0.39 is 0 Å². The van der Waals surface area contributed by atoms with E-state index in [1.54, 1.807) is 0 Å². The van der Waals surface area contributed by atoms with Crippen LogP contribution in [0.25, 0.3) is 0 Å². The maximum atomic E-state index is 14.0. The van der Waals surface area contributed by atoms with E-state index >= 15 is 0 Å². The molecule has 0 aromatic heterocycles. The van der Waals surface area contributed by atoms with Crippen molar-refractivity contribution in [3.8, 4) is 0 Å². The van der Waals surface area contributed by atoms with Crippen LogP contribution in [-0.4, -0.2) is 13.1 Å². The van der Waals surface area contributed by atoms with Crippen LogP contribution >= 0.6 is 0 Å². The molecule has 0 saturated carbocycles. The van der Waals surface area contributed by atoms with Crippen LogP contribution in [0.15, 0.2) is 12.1 Å². The Labute approximate surface area is 97.1 Å². The molecule has 1 atom stereocenters. The summed E-state index contributed by atoms with van der Waals surface area (Å²) in [5.41, 5.74) is 2.78. The van der Waals surface area contributed by atoms with E-state index in [0.29, 0.717) is 5.92 Å². The molecule has 88 valence electrons. The predicted molar refractivity (Wildman–Crippen MR) is 65.2 cm³/mol. The van der Waals surface area contributed by atoms with Gasteiger partial charge in [0.25, 0.3) is 0 Å². The lowest BCUT2D eigenvalue weighted by Crippen LogP contribution is -2.31. The third-order valence-electron chi connectivity index (χ3n) is 3.56. The number of hydrogen-bond donors (Lipinski definition) is 1. The number of rotatable bonds is 2. The van der Waals surface area contributed by atoms with E-state index in [-0.39, 0.29) is 5.82 Å². The van der Waals surface area contributed by atoms with Crippen molar-refractivity contribution >= 4 is 0 Å². The van der Waals surface area contributed by atoms with Crippen molar-refractivity contribution in [2.24, 2.45) is 5.92 Å². The highest BCUT2D eigenvalue weighted by Crippen LogP contribution is 2.23. The van der Waals surface area contributed by atoms with Crippen LogP contribution in [-0.2, 0) is 6.42 Å². The molecule has 0 radical (unpaired) electrons. The lowest BCUT2D eigenvalue weighted by Gasteiger charge is -2.23. The molecule has 0 aliphatic carbocycles. The van der Waals surface area contributed by atoms with Gasteiger partial charge in [-0.2, -0.15) is 0 Å². The van der Waals surface area contributed by atoms with Crippen molar-refractivity contribution < 1.29 is 4.39 Å². The fourth-order valence-corrected chi connectivity index (χ4v) is 2.47. The first-order chi connectivity index (χ1) is 7.68. The Kier molecular flexibility index (Phi) is 3.59. The maximum absolute atomic E-state index is 14.0. The molecular formula is C14H20FN. The molecule has 1 unspecified atom stereocenters. The van der Waals surface area contributed by atoms with Gasteiger partial charge in [-0.1, -0.05) is 12.1 Å². The van der Waals surface area contributed by atoms with Gasteiger partial charge in [0.15, 0.2) is 0 Å². The second-order valence-corrected chi connectivity index (χ2v) is 4.91. The number of nitrogens with one attached hydrogen (secondary N) is 1. The summed E-state index contributed by atoms with van der Waals surface area (Å²) >= 11 is 0. The Morgan fingerprint density at radius 1 is 1.31 bits per heavy atom. The van der Waals surface area contributed by atoms with Gasteiger partial charge >= 0.3 is 0 Å². The molecule has 1 saturated heterocycles. The Morgan fingerprint density at radius 3 is 2.75 bits per heavy atom. The van der Waals surface area contributed by atoms with Gasteiger partial charge in [-0.3, -0.25) is 0 Å². The van der Waals surface area contributed by atoms with Gasteiger partial charge in [-0.25, -0.2) is 4.39 Å². The summed E-state index contributed by atoms with van der Waals surface area (Å²) in [5.74, 6) is 0.606. The highest BCUT2D eigenvalue weighted by molar-refractivity contribution is 5.32. The van der Waals surface area contributed by atoms with Gasteiger partial charge in [0, 0.05) is 0 Å². The molecule has 1 aromatic carbocycles. The number of piperidine rings is 1. The van der Waals surface area contributed by atoms with Crippen LogP contribution in [0.1, 0.15) is 29.5 Å². The summed E-state index contributed by atoms with van der Waals surface area (Å²) in [6.07, 6.45) is 3.32. The monoisotopic (exact) mass is 221 g/mol. The topological polar surface area (TPSA) is 12.0 Å². The molecule has 2 rings (SSSR count). The smallest absolute Gasteiger partial charge is 0.129 e. The zero-order chi connectivity index (χ0) is 11.5. The fraction of sp³-hybridized carbons (Fsp3) is 0.571. The van der Waals surface area contributed by atoms with Crippen LogP contribution in [0.3, 0.4) is 0 Å².